The van der Waals surface area contributed by atoms with Gasteiger partial charge in [-0.3, -0.25) is 4.90 Å². The molecule has 0 aromatic rings. The lowest BCUT2D eigenvalue weighted by Gasteiger charge is -2.27. The summed E-state index contributed by atoms with van der Waals surface area (Å²) in [5.74, 6) is 0. The fraction of sp³-hybridized carbons (Fsp3) is 0.833. The molecule has 0 N–H and O–H groups in total. The van der Waals surface area contributed by atoms with Crippen LogP contribution in [0.25, 0.3) is 0 Å². The highest BCUT2D eigenvalue weighted by molar-refractivity contribution is 5.38. The molecule has 1 aliphatic heterocycles. The molecule has 0 aromatic heterocycles. The Morgan fingerprint density at radius 1 is 0.720 bits per heavy atom. The van der Waals surface area contributed by atoms with Gasteiger partial charge in [0.05, 0.1) is 0 Å². The van der Waals surface area contributed by atoms with E-state index in [2.05, 4.69) is 30.9 Å². The zero-order chi connectivity index (χ0) is 17.7. The zero-order valence-corrected chi connectivity index (χ0v) is 17.2. The monoisotopic (exact) mass is 345 g/mol. The molecule has 1 heterocycles. The van der Waals surface area contributed by atoms with Crippen LogP contribution in [0.5, 0.6) is 0 Å². The summed E-state index contributed by atoms with van der Waals surface area (Å²) >= 11 is 0. The van der Waals surface area contributed by atoms with Gasteiger partial charge in [-0.2, -0.15) is 0 Å². The van der Waals surface area contributed by atoms with Crippen molar-refractivity contribution < 1.29 is 0 Å². The average molecular weight is 346 g/mol. The van der Waals surface area contributed by atoms with Gasteiger partial charge in [0.2, 0.25) is 0 Å². The molecule has 1 nitrogen and oxygen atoms in total. The van der Waals surface area contributed by atoms with E-state index in [-0.39, 0.29) is 0 Å². The summed E-state index contributed by atoms with van der Waals surface area (Å²) in [6, 6.07) is 0.831. The predicted molar refractivity (Wildman–Crippen MR) is 112 cm³/mol. The first-order valence-corrected chi connectivity index (χ1v) is 11.5. The van der Waals surface area contributed by atoms with Gasteiger partial charge in [0.15, 0.2) is 0 Å². The number of fused-ring (bicyclic) bond motifs is 1. The lowest BCUT2D eigenvalue weighted by atomic mass is 9.99. The largest absolute Gasteiger partial charge is 0.292 e. The fourth-order valence-electron chi connectivity index (χ4n) is 4.49. The maximum atomic E-state index is 2.82. The maximum absolute atomic E-state index is 2.82. The van der Waals surface area contributed by atoms with E-state index in [1.165, 1.54) is 109 Å². The molecule has 144 valence electrons. The van der Waals surface area contributed by atoms with E-state index in [9.17, 15) is 0 Å². The van der Waals surface area contributed by atoms with E-state index in [1.807, 2.05) is 0 Å². The number of hydrogen-bond donors (Lipinski definition) is 0. The van der Waals surface area contributed by atoms with E-state index in [1.54, 1.807) is 11.1 Å². The molecule has 0 aromatic carbocycles. The number of nitrogens with zero attached hydrogens (tertiary/aromatic N) is 1. The Kier molecular flexibility index (Phi) is 10.6. The van der Waals surface area contributed by atoms with E-state index >= 15 is 0 Å². The predicted octanol–water partition coefficient (Wildman–Crippen LogP) is 7.43. The minimum atomic E-state index is 0.831. The van der Waals surface area contributed by atoms with E-state index in [0.717, 1.165) is 6.04 Å². The second-order valence-electron chi connectivity index (χ2n) is 8.35. The number of unbranched alkanes of at least 4 members (excludes halogenated alkanes) is 8. The maximum Gasteiger partial charge on any atom is 0.0240 e. The second-order valence-corrected chi connectivity index (χ2v) is 8.35. The van der Waals surface area contributed by atoms with Gasteiger partial charge in [-0.05, 0) is 43.3 Å². The summed E-state index contributed by atoms with van der Waals surface area (Å²) < 4.78 is 0. The number of hydrogen-bond acceptors (Lipinski definition) is 1. The molecule has 0 radical (unpaired) electrons. The summed E-state index contributed by atoms with van der Waals surface area (Å²) in [4.78, 5) is 2.82. The minimum absolute atomic E-state index is 0.831. The van der Waals surface area contributed by atoms with E-state index in [0.29, 0.717) is 0 Å². The van der Waals surface area contributed by atoms with Gasteiger partial charge in [-0.1, -0.05) is 90.2 Å². The van der Waals surface area contributed by atoms with Crippen molar-refractivity contribution in [2.24, 2.45) is 0 Å². The van der Waals surface area contributed by atoms with Crippen LogP contribution in [0.1, 0.15) is 110 Å². The Balaban J connectivity index is 1.81. The Morgan fingerprint density at radius 2 is 1.20 bits per heavy atom. The summed E-state index contributed by atoms with van der Waals surface area (Å²) in [6.07, 6.45) is 26.1. The van der Waals surface area contributed by atoms with Crippen molar-refractivity contribution in [2.75, 3.05) is 13.1 Å². The lowest BCUT2D eigenvalue weighted by Crippen LogP contribution is -2.33. The molecular formula is C24H43N. The summed E-state index contributed by atoms with van der Waals surface area (Å²) in [5, 5.41) is 0. The van der Waals surface area contributed by atoms with Crippen molar-refractivity contribution in [2.45, 2.75) is 116 Å². The van der Waals surface area contributed by atoms with Gasteiger partial charge >= 0.3 is 0 Å². The van der Waals surface area contributed by atoms with Crippen LogP contribution in [-0.4, -0.2) is 24.0 Å². The van der Waals surface area contributed by atoms with Crippen LogP contribution in [0.2, 0.25) is 0 Å². The molecule has 1 aliphatic carbocycles. The summed E-state index contributed by atoms with van der Waals surface area (Å²) in [6.45, 7) is 7.10. The highest BCUT2D eigenvalue weighted by Gasteiger charge is 2.27. The molecule has 0 atom stereocenters. The Bertz CT molecular complexity index is 370. The van der Waals surface area contributed by atoms with Crippen molar-refractivity contribution in [1.82, 2.24) is 4.90 Å². The third-order valence-corrected chi connectivity index (χ3v) is 6.15. The standard InChI is InChI=1S/C24H43N/c1-3-5-7-9-14-18-24(19-15-10-8-6-4-2)25-20-22-16-12-11-13-17-23(22)21-25/h16-17,24H,3-15,18-21H2,1-2H3. The van der Waals surface area contributed by atoms with E-state index in [4.69, 9.17) is 0 Å². The molecular weight excluding hydrogens is 302 g/mol. The molecule has 1 saturated heterocycles. The molecule has 2 aliphatic rings. The first-order valence-electron chi connectivity index (χ1n) is 11.5. The average Bonchev–Trinajstić information content (AvgIpc) is 2.90. The summed E-state index contributed by atoms with van der Waals surface area (Å²) in [7, 11) is 0. The molecule has 0 unspecified atom stereocenters. The molecule has 0 amide bonds. The van der Waals surface area contributed by atoms with Crippen molar-refractivity contribution in [3.8, 4) is 0 Å². The third-order valence-electron chi connectivity index (χ3n) is 6.15. The fourth-order valence-corrected chi connectivity index (χ4v) is 4.49. The van der Waals surface area contributed by atoms with Crippen molar-refractivity contribution >= 4 is 0 Å². The van der Waals surface area contributed by atoms with Gasteiger partial charge in [0.25, 0.3) is 0 Å². The quantitative estimate of drug-likeness (QED) is 0.314. The number of allylic oxidation sites excluding steroid dienone is 2. The highest BCUT2D eigenvalue weighted by atomic mass is 15.2. The Labute approximate surface area is 158 Å². The van der Waals surface area contributed by atoms with Crippen LogP contribution in [0, 0.1) is 0 Å². The van der Waals surface area contributed by atoms with Crippen LogP contribution < -0.4 is 0 Å². The van der Waals surface area contributed by atoms with Crippen molar-refractivity contribution in [3.63, 3.8) is 0 Å². The molecule has 0 spiro atoms. The van der Waals surface area contributed by atoms with Gasteiger partial charge in [0.1, 0.15) is 0 Å². The van der Waals surface area contributed by atoms with Crippen LogP contribution in [0.3, 0.4) is 0 Å². The Morgan fingerprint density at radius 3 is 1.68 bits per heavy atom. The van der Waals surface area contributed by atoms with Gasteiger partial charge in [-0.25, -0.2) is 0 Å². The topological polar surface area (TPSA) is 3.24 Å². The number of rotatable bonds is 13. The molecule has 1 heteroatoms. The highest BCUT2D eigenvalue weighted by Crippen LogP contribution is 2.30. The van der Waals surface area contributed by atoms with E-state index < -0.39 is 0 Å². The molecule has 25 heavy (non-hydrogen) atoms. The third kappa shape index (κ3) is 7.69. The molecule has 2 rings (SSSR count). The minimum Gasteiger partial charge on any atom is -0.292 e. The Hall–Kier alpha value is -0.560. The van der Waals surface area contributed by atoms with Crippen molar-refractivity contribution in [1.29, 1.82) is 0 Å². The molecule has 0 saturated carbocycles. The molecule has 0 bridgehead atoms. The van der Waals surface area contributed by atoms with Gasteiger partial charge in [0, 0.05) is 19.1 Å². The molecule has 1 fully saturated rings. The van der Waals surface area contributed by atoms with Crippen LogP contribution in [0.15, 0.2) is 23.3 Å². The van der Waals surface area contributed by atoms with Crippen molar-refractivity contribution in [3.05, 3.63) is 23.3 Å². The van der Waals surface area contributed by atoms with Gasteiger partial charge < -0.3 is 0 Å². The summed E-state index contributed by atoms with van der Waals surface area (Å²) in [5.41, 5.74) is 3.33. The van der Waals surface area contributed by atoms with Gasteiger partial charge in [-0.15, -0.1) is 0 Å². The smallest absolute Gasteiger partial charge is 0.0240 e. The zero-order valence-electron chi connectivity index (χ0n) is 17.2. The normalized spacial score (nSPS) is 18.2. The SMILES string of the molecule is CCCCCCCC(CCCCCCC)N1CC2=CCCCC=C2C1. The second kappa shape index (κ2) is 12.7. The lowest BCUT2D eigenvalue weighted by molar-refractivity contribution is 0.218. The first kappa shape index (κ1) is 20.7. The van der Waals surface area contributed by atoms with Crippen LogP contribution in [-0.2, 0) is 0 Å². The van der Waals surface area contributed by atoms with Crippen LogP contribution >= 0.6 is 0 Å². The first-order chi connectivity index (χ1) is 12.3. The van der Waals surface area contributed by atoms with Crippen LogP contribution in [0.4, 0.5) is 0 Å². The number of likely N-dealkylation sites (tertiary alicyclic amines) is 1.